The number of esters is 1. The van der Waals surface area contributed by atoms with Crippen LogP contribution >= 0.6 is 0 Å². The molecule has 0 spiro atoms. The Hall–Kier alpha value is -0.610. The predicted molar refractivity (Wildman–Crippen MR) is 66.7 cm³/mol. The zero-order valence-electron chi connectivity index (χ0n) is 11.2. The van der Waals surface area contributed by atoms with Crippen molar-refractivity contribution in [2.45, 2.75) is 33.6 Å². The summed E-state index contributed by atoms with van der Waals surface area (Å²) in [6.07, 6.45) is 2.07. The lowest BCUT2D eigenvalue weighted by Crippen LogP contribution is -2.45. The number of hydrogen-bond donors (Lipinski definition) is 1. The van der Waals surface area contributed by atoms with E-state index in [0.29, 0.717) is 19.1 Å². The summed E-state index contributed by atoms with van der Waals surface area (Å²) in [5, 5.41) is 9.34. The fourth-order valence-electron chi connectivity index (χ4n) is 2.18. The van der Waals surface area contributed by atoms with E-state index in [-0.39, 0.29) is 18.0 Å². The summed E-state index contributed by atoms with van der Waals surface area (Å²) in [4.78, 5) is 13.7. The molecule has 1 N–H and O–H groups in total. The van der Waals surface area contributed by atoms with Gasteiger partial charge >= 0.3 is 5.97 Å². The van der Waals surface area contributed by atoms with Crippen LogP contribution in [0.5, 0.6) is 0 Å². The average Bonchev–Trinajstić information content (AvgIpc) is 2.26. The lowest BCUT2D eigenvalue weighted by molar-refractivity contribution is -0.147. The van der Waals surface area contributed by atoms with Gasteiger partial charge in [-0.2, -0.15) is 0 Å². The molecule has 1 unspecified atom stereocenters. The van der Waals surface area contributed by atoms with Gasteiger partial charge in [0.25, 0.3) is 0 Å². The monoisotopic (exact) mass is 243 g/mol. The van der Waals surface area contributed by atoms with E-state index in [0.717, 1.165) is 25.9 Å². The summed E-state index contributed by atoms with van der Waals surface area (Å²) in [6, 6.07) is 0. The molecule has 1 aliphatic rings. The molecule has 0 saturated carbocycles. The second kappa shape index (κ2) is 6.36. The molecule has 1 saturated heterocycles. The van der Waals surface area contributed by atoms with Crippen LogP contribution in [-0.2, 0) is 9.53 Å². The Morgan fingerprint density at radius 3 is 2.82 bits per heavy atom. The standard InChI is InChI=1S/C13H25NO3/c1-11(2)8-17-12(16)7-14-6-4-5-13(3,9-14)10-15/h11,15H,4-10H2,1-3H3. The van der Waals surface area contributed by atoms with Crippen LogP contribution in [0.2, 0.25) is 0 Å². The second-order valence-electron chi connectivity index (χ2n) is 5.86. The van der Waals surface area contributed by atoms with Crippen LogP contribution in [0, 0.1) is 11.3 Å². The Bertz CT molecular complexity index is 255. The first-order chi connectivity index (χ1) is 7.95. The van der Waals surface area contributed by atoms with Crippen LogP contribution in [0.4, 0.5) is 0 Å². The van der Waals surface area contributed by atoms with Crippen LogP contribution in [-0.4, -0.2) is 48.8 Å². The molecule has 17 heavy (non-hydrogen) atoms. The van der Waals surface area contributed by atoms with Crippen molar-refractivity contribution in [1.82, 2.24) is 4.90 Å². The molecule has 0 aromatic heterocycles. The highest BCUT2D eigenvalue weighted by molar-refractivity contribution is 5.71. The molecular weight excluding hydrogens is 218 g/mol. The molecule has 1 atom stereocenters. The topological polar surface area (TPSA) is 49.8 Å². The molecule has 100 valence electrons. The molecule has 0 aromatic carbocycles. The van der Waals surface area contributed by atoms with Gasteiger partial charge in [-0.25, -0.2) is 0 Å². The summed E-state index contributed by atoms with van der Waals surface area (Å²) in [5.74, 6) is 0.226. The lowest BCUT2D eigenvalue weighted by Gasteiger charge is -2.38. The van der Waals surface area contributed by atoms with Gasteiger partial charge in [0.15, 0.2) is 0 Å². The lowest BCUT2D eigenvalue weighted by atomic mass is 9.83. The van der Waals surface area contributed by atoms with E-state index in [1.807, 2.05) is 13.8 Å². The summed E-state index contributed by atoms with van der Waals surface area (Å²) >= 11 is 0. The first-order valence-electron chi connectivity index (χ1n) is 6.44. The maximum absolute atomic E-state index is 11.6. The van der Waals surface area contributed by atoms with Gasteiger partial charge in [-0.05, 0) is 25.3 Å². The van der Waals surface area contributed by atoms with E-state index in [2.05, 4.69) is 11.8 Å². The van der Waals surface area contributed by atoms with Gasteiger partial charge in [0.1, 0.15) is 0 Å². The van der Waals surface area contributed by atoms with Crippen molar-refractivity contribution in [2.75, 3.05) is 32.8 Å². The molecule has 0 radical (unpaired) electrons. The van der Waals surface area contributed by atoms with E-state index in [1.54, 1.807) is 0 Å². The summed E-state index contributed by atoms with van der Waals surface area (Å²) in [7, 11) is 0. The SMILES string of the molecule is CC(C)COC(=O)CN1CCCC(C)(CO)C1. The van der Waals surface area contributed by atoms with Crippen LogP contribution in [0.15, 0.2) is 0 Å². The zero-order valence-corrected chi connectivity index (χ0v) is 11.2. The number of ether oxygens (including phenoxy) is 1. The molecule has 4 heteroatoms. The van der Waals surface area contributed by atoms with Gasteiger partial charge in [0.05, 0.1) is 13.2 Å². The van der Waals surface area contributed by atoms with Crippen molar-refractivity contribution in [3.05, 3.63) is 0 Å². The van der Waals surface area contributed by atoms with Crippen LogP contribution in [0.25, 0.3) is 0 Å². The van der Waals surface area contributed by atoms with E-state index < -0.39 is 0 Å². The van der Waals surface area contributed by atoms with Crippen LogP contribution in [0.1, 0.15) is 33.6 Å². The number of aliphatic hydroxyl groups is 1. The van der Waals surface area contributed by atoms with Gasteiger partial charge in [-0.15, -0.1) is 0 Å². The number of rotatable bonds is 5. The van der Waals surface area contributed by atoms with Gasteiger partial charge in [-0.1, -0.05) is 20.8 Å². The third-order valence-electron chi connectivity index (χ3n) is 3.17. The number of hydrogen-bond acceptors (Lipinski definition) is 4. The normalized spacial score (nSPS) is 26.2. The third-order valence-corrected chi connectivity index (χ3v) is 3.17. The first kappa shape index (κ1) is 14.5. The zero-order chi connectivity index (χ0) is 12.9. The number of carbonyl (C=O) groups excluding carboxylic acids is 1. The molecular formula is C13H25NO3. The highest BCUT2D eigenvalue weighted by Gasteiger charge is 2.31. The minimum atomic E-state index is -0.152. The number of likely N-dealkylation sites (tertiary alicyclic amines) is 1. The number of nitrogens with zero attached hydrogens (tertiary/aromatic N) is 1. The minimum absolute atomic E-state index is 0.0590. The Kier molecular flexibility index (Phi) is 5.40. The van der Waals surface area contributed by atoms with Crippen molar-refractivity contribution in [1.29, 1.82) is 0 Å². The van der Waals surface area contributed by atoms with E-state index in [9.17, 15) is 9.90 Å². The van der Waals surface area contributed by atoms with E-state index >= 15 is 0 Å². The van der Waals surface area contributed by atoms with Gasteiger partial charge in [-0.3, -0.25) is 9.69 Å². The minimum Gasteiger partial charge on any atom is -0.464 e. The molecule has 1 fully saturated rings. The smallest absolute Gasteiger partial charge is 0.320 e. The van der Waals surface area contributed by atoms with Crippen molar-refractivity contribution in [3.8, 4) is 0 Å². The van der Waals surface area contributed by atoms with Crippen LogP contribution < -0.4 is 0 Å². The van der Waals surface area contributed by atoms with Crippen molar-refractivity contribution >= 4 is 5.97 Å². The second-order valence-corrected chi connectivity index (χ2v) is 5.86. The van der Waals surface area contributed by atoms with E-state index in [1.165, 1.54) is 0 Å². The highest BCUT2D eigenvalue weighted by atomic mass is 16.5. The molecule has 1 rings (SSSR count). The quantitative estimate of drug-likeness (QED) is 0.739. The fraction of sp³-hybridized carbons (Fsp3) is 0.923. The summed E-state index contributed by atoms with van der Waals surface area (Å²) in [5.41, 5.74) is -0.0590. The molecule has 0 aromatic rings. The van der Waals surface area contributed by atoms with Crippen molar-refractivity contribution < 1.29 is 14.6 Å². The molecule has 4 nitrogen and oxygen atoms in total. The summed E-state index contributed by atoms with van der Waals surface area (Å²) < 4.78 is 5.16. The van der Waals surface area contributed by atoms with Crippen LogP contribution in [0.3, 0.4) is 0 Å². The van der Waals surface area contributed by atoms with Gasteiger partial charge in [0, 0.05) is 18.6 Å². The number of carbonyl (C=O) groups is 1. The predicted octanol–water partition coefficient (Wildman–Crippen LogP) is 1.28. The summed E-state index contributed by atoms with van der Waals surface area (Å²) in [6.45, 7) is 8.84. The number of aliphatic hydroxyl groups excluding tert-OH is 1. The molecule has 0 aliphatic carbocycles. The molecule has 0 bridgehead atoms. The van der Waals surface area contributed by atoms with Crippen molar-refractivity contribution in [2.24, 2.45) is 11.3 Å². The largest absolute Gasteiger partial charge is 0.464 e. The fourth-order valence-corrected chi connectivity index (χ4v) is 2.18. The third kappa shape index (κ3) is 5.04. The Morgan fingerprint density at radius 1 is 1.53 bits per heavy atom. The Balaban J connectivity index is 2.33. The maximum Gasteiger partial charge on any atom is 0.320 e. The molecule has 0 amide bonds. The Labute approximate surface area is 104 Å². The first-order valence-corrected chi connectivity index (χ1v) is 6.44. The van der Waals surface area contributed by atoms with Gasteiger partial charge in [0.2, 0.25) is 0 Å². The van der Waals surface area contributed by atoms with Crippen molar-refractivity contribution in [3.63, 3.8) is 0 Å². The Morgan fingerprint density at radius 2 is 2.24 bits per heavy atom. The van der Waals surface area contributed by atoms with Gasteiger partial charge < -0.3 is 9.84 Å². The highest BCUT2D eigenvalue weighted by Crippen LogP contribution is 2.28. The number of piperidine rings is 1. The van der Waals surface area contributed by atoms with E-state index in [4.69, 9.17) is 4.74 Å². The maximum atomic E-state index is 11.6. The average molecular weight is 243 g/mol. The molecule has 1 heterocycles. The molecule has 1 aliphatic heterocycles.